The number of nitrogens with one attached hydrogen (secondary N) is 2. The summed E-state index contributed by atoms with van der Waals surface area (Å²) in [5.74, 6) is -0.0748. The van der Waals surface area contributed by atoms with Crippen LogP contribution in [-0.2, 0) is 12.8 Å². The van der Waals surface area contributed by atoms with E-state index in [-0.39, 0.29) is 18.3 Å². The fourth-order valence-electron chi connectivity index (χ4n) is 2.96. The Balaban J connectivity index is 0.00000208. The predicted molar refractivity (Wildman–Crippen MR) is 101 cm³/mol. The molecule has 5 nitrogen and oxygen atoms in total. The van der Waals surface area contributed by atoms with Crippen molar-refractivity contribution in [1.29, 1.82) is 0 Å². The van der Waals surface area contributed by atoms with Gasteiger partial charge in [0.2, 0.25) is 0 Å². The lowest BCUT2D eigenvalue weighted by Crippen LogP contribution is -2.31. The molecule has 0 atom stereocenters. The molecule has 24 heavy (non-hydrogen) atoms. The van der Waals surface area contributed by atoms with E-state index in [1.807, 2.05) is 36.0 Å². The molecule has 0 fully saturated rings. The molecular formula is C17H22BrClN4O. The van der Waals surface area contributed by atoms with Crippen LogP contribution in [0.2, 0.25) is 0 Å². The van der Waals surface area contributed by atoms with E-state index in [1.165, 1.54) is 5.69 Å². The van der Waals surface area contributed by atoms with Crippen molar-refractivity contribution in [3.63, 3.8) is 0 Å². The van der Waals surface area contributed by atoms with Crippen LogP contribution in [0.15, 0.2) is 28.7 Å². The smallest absolute Gasteiger partial charge is 0.272 e. The zero-order chi connectivity index (χ0) is 16.2. The largest absolute Gasteiger partial charge is 0.349 e. The molecule has 1 aliphatic rings. The topological polar surface area (TPSA) is 58.9 Å². The molecule has 1 amide bonds. The summed E-state index contributed by atoms with van der Waals surface area (Å²) in [5, 5.41) is 10.6. The first kappa shape index (κ1) is 19.0. The van der Waals surface area contributed by atoms with Gasteiger partial charge in [-0.15, -0.1) is 12.4 Å². The maximum Gasteiger partial charge on any atom is 0.272 e. The van der Waals surface area contributed by atoms with Crippen LogP contribution >= 0.6 is 28.3 Å². The number of hydrogen-bond donors (Lipinski definition) is 2. The number of benzene rings is 1. The third-order valence-corrected chi connectivity index (χ3v) is 4.66. The van der Waals surface area contributed by atoms with Gasteiger partial charge in [0.25, 0.3) is 5.91 Å². The molecule has 1 aromatic carbocycles. The van der Waals surface area contributed by atoms with Crippen molar-refractivity contribution in [2.24, 2.45) is 0 Å². The third-order valence-electron chi connectivity index (χ3n) is 4.13. The van der Waals surface area contributed by atoms with Gasteiger partial charge < -0.3 is 10.6 Å². The highest BCUT2D eigenvalue weighted by molar-refractivity contribution is 9.10. The molecule has 1 aliphatic carbocycles. The highest BCUT2D eigenvalue weighted by Crippen LogP contribution is 2.27. The monoisotopic (exact) mass is 412 g/mol. The van der Waals surface area contributed by atoms with Gasteiger partial charge in [-0.05, 0) is 57.0 Å². The minimum atomic E-state index is -0.0748. The number of rotatable bonds is 5. The van der Waals surface area contributed by atoms with Gasteiger partial charge in [-0.1, -0.05) is 15.9 Å². The lowest BCUT2D eigenvalue weighted by Gasteiger charge is -2.14. The first-order valence-corrected chi connectivity index (χ1v) is 8.79. The Morgan fingerprint density at radius 3 is 2.62 bits per heavy atom. The van der Waals surface area contributed by atoms with Crippen LogP contribution in [0.3, 0.4) is 0 Å². The van der Waals surface area contributed by atoms with Crippen LogP contribution < -0.4 is 10.6 Å². The summed E-state index contributed by atoms with van der Waals surface area (Å²) < 4.78 is 2.97. The minimum absolute atomic E-state index is 0. The fraction of sp³-hybridized carbons (Fsp3) is 0.412. The van der Waals surface area contributed by atoms with E-state index >= 15 is 0 Å². The maximum atomic E-state index is 12.5. The van der Waals surface area contributed by atoms with Gasteiger partial charge in [-0.3, -0.25) is 4.79 Å². The molecule has 3 rings (SSSR count). The quantitative estimate of drug-likeness (QED) is 0.741. The molecule has 1 aromatic heterocycles. The van der Waals surface area contributed by atoms with E-state index in [1.54, 1.807) is 0 Å². The molecule has 130 valence electrons. The van der Waals surface area contributed by atoms with Gasteiger partial charge in [-0.25, -0.2) is 4.68 Å². The van der Waals surface area contributed by atoms with Crippen molar-refractivity contribution in [2.45, 2.75) is 25.7 Å². The lowest BCUT2D eigenvalue weighted by atomic mass is 9.95. The van der Waals surface area contributed by atoms with Crippen molar-refractivity contribution in [3.05, 3.63) is 45.7 Å². The Morgan fingerprint density at radius 2 is 1.92 bits per heavy atom. The summed E-state index contributed by atoms with van der Waals surface area (Å²) in [6.45, 7) is 1.36. The molecule has 0 radical (unpaired) electrons. The summed E-state index contributed by atoms with van der Waals surface area (Å²) >= 11 is 3.46. The number of fused-ring (bicyclic) bond motifs is 1. The zero-order valence-electron chi connectivity index (χ0n) is 13.6. The van der Waals surface area contributed by atoms with Gasteiger partial charge in [0.1, 0.15) is 0 Å². The van der Waals surface area contributed by atoms with Crippen LogP contribution in [0.25, 0.3) is 5.69 Å². The Morgan fingerprint density at radius 1 is 1.21 bits per heavy atom. The zero-order valence-corrected chi connectivity index (χ0v) is 16.0. The van der Waals surface area contributed by atoms with E-state index in [9.17, 15) is 4.79 Å². The Labute approximate surface area is 156 Å². The van der Waals surface area contributed by atoms with Gasteiger partial charge in [-0.2, -0.15) is 5.10 Å². The van der Waals surface area contributed by atoms with E-state index in [4.69, 9.17) is 0 Å². The summed E-state index contributed by atoms with van der Waals surface area (Å²) in [5.41, 5.74) is 3.87. The number of aromatic nitrogens is 2. The second kappa shape index (κ2) is 8.65. The molecule has 2 aromatic rings. The standard InChI is InChI=1S/C17H21BrN4O.ClH/c1-19-10-11-20-17(23)16-14-4-2-3-5-15(14)22(21-16)13-8-6-12(18)7-9-13;/h6-9,19H,2-5,10-11H2,1H3,(H,20,23);1H. The lowest BCUT2D eigenvalue weighted by molar-refractivity contribution is 0.0947. The maximum absolute atomic E-state index is 12.5. The van der Waals surface area contributed by atoms with Crippen molar-refractivity contribution in [3.8, 4) is 5.69 Å². The highest BCUT2D eigenvalue weighted by atomic mass is 79.9. The minimum Gasteiger partial charge on any atom is -0.349 e. The Hall–Kier alpha value is -1.37. The summed E-state index contributed by atoms with van der Waals surface area (Å²) in [6, 6.07) is 8.04. The second-order valence-electron chi connectivity index (χ2n) is 5.73. The molecular weight excluding hydrogens is 392 g/mol. The average molecular weight is 414 g/mol. The number of halogens is 2. The van der Waals surface area contributed by atoms with Crippen LogP contribution in [0.5, 0.6) is 0 Å². The SMILES string of the molecule is CNCCNC(=O)c1nn(-c2ccc(Br)cc2)c2c1CCCC2.Cl. The molecule has 7 heteroatoms. The van der Waals surface area contributed by atoms with Gasteiger partial charge in [0.05, 0.1) is 5.69 Å². The molecule has 0 bridgehead atoms. The molecule has 0 aliphatic heterocycles. The van der Waals surface area contributed by atoms with Gasteiger partial charge >= 0.3 is 0 Å². The van der Waals surface area contributed by atoms with Crippen molar-refractivity contribution in [2.75, 3.05) is 20.1 Å². The molecule has 2 N–H and O–H groups in total. The van der Waals surface area contributed by atoms with Gasteiger partial charge in [0.15, 0.2) is 5.69 Å². The first-order valence-electron chi connectivity index (χ1n) is 8.00. The second-order valence-corrected chi connectivity index (χ2v) is 6.64. The number of likely N-dealkylation sites (N-methyl/N-ethyl adjacent to an activating group) is 1. The van der Waals surface area contributed by atoms with Crippen molar-refractivity contribution < 1.29 is 4.79 Å². The van der Waals surface area contributed by atoms with Crippen LogP contribution in [0, 0.1) is 0 Å². The van der Waals surface area contributed by atoms with E-state index < -0.39 is 0 Å². The Kier molecular flexibility index (Phi) is 6.83. The molecule has 1 heterocycles. The highest BCUT2D eigenvalue weighted by Gasteiger charge is 2.25. The first-order chi connectivity index (χ1) is 11.2. The van der Waals surface area contributed by atoms with Crippen LogP contribution in [-0.4, -0.2) is 35.8 Å². The van der Waals surface area contributed by atoms with Crippen LogP contribution in [0.1, 0.15) is 34.6 Å². The van der Waals surface area contributed by atoms with E-state index in [0.717, 1.165) is 48.0 Å². The molecule has 0 unspecified atom stereocenters. The fourth-order valence-corrected chi connectivity index (χ4v) is 3.23. The van der Waals surface area contributed by atoms with E-state index in [0.29, 0.717) is 12.2 Å². The summed E-state index contributed by atoms with van der Waals surface area (Å²) in [4.78, 5) is 12.5. The van der Waals surface area contributed by atoms with Crippen molar-refractivity contribution in [1.82, 2.24) is 20.4 Å². The third kappa shape index (κ3) is 3.99. The number of hydrogen-bond acceptors (Lipinski definition) is 3. The Bertz CT molecular complexity index is 699. The number of amides is 1. The molecule has 0 saturated heterocycles. The van der Waals surface area contributed by atoms with E-state index in [2.05, 4.69) is 31.7 Å². The molecule has 0 spiro atoms. The average Bonchev–Trinajstić information content (AvgIpc) is 2.95. The number of carbonyl (C=O) groups is 1. The normalized spacial score (nSPS) is 13.1. The van der Waals surface area contributed by atoms with Crippen molar-refractivity contribution >= 4 is 34.2 Å². The molecule has 0 saturated carbocycles. The number of carbonyl (C=O) groups excluding carboxylic acids is 1. The summed E-state index contributed by atoms with van der Waals surface area (Å²) in [6.07, 6.45) is 4.18. The van der Waals surface area contributed by atoms with Gasteiger partial charge in [0, 0.05) is 28.8 Å². The predicted octanol–water partition coefficient (Wildman–Crippen LogP) is 2.88. The van der Waals surface area contributed by atoms with Crippen LogP contribution in [0.4, 0.5) is 0 Å². The number of nitrogens with zero attached hydrogens (tertiary/aromatic N) is 2. The summed E-state index contributed by atoms with van der Waals surface area (Å²) in [7, 11) is 1.87.